The molecule has 4 saturated heterocycles. The summed E-state index contributed by atoms with van der Waals surface area (Å²) in [5.41, 5.74) is -0.0657. The number of fused-ring (bicyclic) bond motifs is 4. The van der Waals surface area contributed by atoms with Crippen LogP contribution in [0.1, 0.15) is 78.5 Å². The van der Waals surface area contributed by atoms with Gasteiger partial charge in [0.2, 0.25) is 0 Å². The van der Waals surface area contributed by atoms with Crippen LogP contribution in [0.3, 0.4) is 0 Å². The van der Waals surface area contributed by atoms with Crippen LogP contribution in [0, 0.1) is 11.6 Å². The molecule has 0 spiro atoms. The molecule has 214 valence electrons. The number of halogens is 2. The van der Waals surface area contributed by atoms with E-state index < -0.39 is 23.6 Å². The van der Waals surface area contributed by atoms with Crippen LogP contribution in [-0.2, 0) is 4.74 Å². The number of hydrogen-bond acceptors (Lipinski definition) is 7. The van der Waals surface area contributed by atoms with Crippen molar-refractivity contribution in [1.29, 1.82) is 0 Å². The maximum absolute atomic E-state index is 14.2. The van der Waals surface area contributed by atoms with Crippen molar-refractivity contribution in [3.63, 3.8) is 0 Å². The van der Waals surface area contributed by atoms with E-state index >= 15 is 0 Å². The summed E-state index contributed by atoms with van der Waals surface area (Å²) in [5.74, 6) is -2.90. The predicted molar refractivity (Wildman–Crippen MR) is 144 cm³/mol. The van der Waals surface area contributed by atoms with E-state index in [4.69, 9.17) is 14.2 Å². The van der Waals surface area contributed by atoms with Crippen molar-refractivity contribution in [2.45, 2.75) is 94.2 Å². The molecule has 2 aromatic carbocycles. The molecule has 4 bridgehead atoms. The van der Waals surface area contributed by atoms with Gasteiger partial charge in [-0.25, -0.2) is 18.4 Å². The molecule has 4 fully saturated rings. The fourth-order valence-electron chi connectivity index (χ4n) is 7.20. The van der Waals surface area contributed by atoms with Gasteiger partial charge in [-0.1, -0.05) is 6.42 Å². The number of carbonyl (C=O) groups is 2. The number of esters is 2. The first-order chi connectivity index (χ1) is 19.2. The van der Waals surface area contributed by atoms with Crippen LogP contribution in [0.5, 0.6) is 11.5 Å². The third kappa shape index (κ3) is 5.46. The zero-order valence-electron chi connectivity index (χ0n) is 23.0. The number of ether oxygens (including phenoxy) is 3. The Kier molecular flexibility index (Phi) is 7.52. The quantitative estimate of drug-likeness (QED) is 0.352. The Bertz CT molecular complexity index is 1260. The zero-order valence-corrected chi connectivity index (χ0v) is 23.0. The number of rotatable bonds is 6. The van der Waals surface area contributed by atoms with Crippen molar-refractivity contribution in [3.05, 3.63) is 59.2 Å². The maximum atomic E-state index is 14.2. The predicted octanol–water partition coefficient (Wildman–Crippen LogP) is 5.36. The first-order valence-corrected chi connectivity index (χ1v) is 14.4. The Morgan fingerprint density at radius 3 is 1.50 bits per heavy atom. The lowest BCUT2D eigenvalue weighted by atomic mass is 9.83. The summed E-state index contributed by atoms with van der Waals surface area (Å²) >= 11 is 0. The van der Waals surface area contributed by atoms with Gasteiger partial charge in [0.15, 0.2) is 0 Å². The molecule has 4 heterocycles. The minimum absolute atomic E-state index is 0.0321. The molecule has 4 aliphatic heterocycles. The van der Waals surface area contributed by atoms with Crippen molar-refractivity contribution < 1.29 is 32.6 Å². The second-order valence-corrected chi connectivity index (χ2v) is 11.8. The third-order valence-electron chi connectivity index (χ3n) is 9.45. The van der Waals surface area contributed by atoms with Gasteiger partial charge in [0.05, 0.1) is 0 Å². The van der Waals surface area contributed by atoms with E-state index in [0.29, 0.717) is 24.2 Å². The first-order valence-electron chi connectivity index (χ1n) is 14.4. The zero-order chi connectivity index (χ0) is 28.0. The average Bonchev–Trinajstić information content (AvgIpc) is 3.09. The number of nitrogens with zero attached hydrogens (tertiary/aromatic N) is 2. The Hall–Kier alpha value is -3.04. The Morgan fingerprint density at radius 1 is 0.675 bits per heavy atom. The summed E-state index contributed by atoms with van der Waals surface area (Å²) < 4.78 is 45.9. The van der Waals surface area contributed by atoms with Crippen LogP contribution >= 0.6 is 0 Å². The van der Waals surface area contributed by atoms with Gasteiger partial charge in [-0.15, -0.1) is 0 Å². The van der Waals surface area contributed by atoms with Crippen LogP contribution in [-0.4, -0.2) is 72.2 Å². The van der Waals surface area contributed by atoms with E-state index in [-0.39, 0.29) is 34.8 Å². The molecule has 0 radical (unpaired) electrons. The van der Waals surface area contributed by atoms with Gasteiger partial charge in [-0.2, -0.15) is 0 Å². The van der Waals surface area contributed by atoms with Gasteiger partial charge in [-0.05, 0) is 89.7 Å². The SMILES string of the molecule is CN1C2CCCC1CC(Oc1cc(F)ccc1C(=O)OC(=O)c1ccc(F)cc1OC1CC3CCC(C1)N3C)C2. The summed E-state index contributed by atoms with van der Waals surface area (Å²) in [4.78, 5) is 31.1. The van der Waals surface area contributed by atoms with E-state index in [2.05, 4.69) is 23.9 Å². The fraction of sp³-hybridized carbons (Fsp3) is 0.548. The van der Waals surface area contributed by atoms with Crippen molar-refractivity contribution in [2.24, 2.45) is 0 Å². The highest BCUT2D eigenvalue weighted by Gasteiger charge is 2.40. The smallest absolute Gasteiger partial charge is 0.349 e. The van der Waals surface area contributed by atoms with Crippen molar-refractivity contribution in [2.75, 3.05) is 14.1 Å². The molecule has 4 unspecified atom stereocenters. The fourth-order valence-corrected chi connectivity index (χ4v) is 7.20. The molecule has 0 saturated carbocycles. The minimum atomic E-state index is -0.958. The maximum Gasteiger partial charge on any atom is 0.349 e. The van der Waals surface area contributed by atoms with Gasteiger partial charge >= 0.3 is 11.9 Å². The van der Waals surface area contributed by atoms with E-state index in [1.54, 1.807) is 0 Å². The molecule has 4 atom stereocenters. The molecule has 0 amide bonds. The summed E-state index contributed by atoms with van der Waals surface area (Å²) in [7, 11) is 4.24. The number of carbonyl (C=O) groups excluding carboxylic acids is 2. The second kappa shape index (κ2) is 11.1. The molecule has 9 heteroatoms. The number of benzene rings is 2. The highest BCUT2D eigenvalue weighted by molar-refractivity contribution is 6.04. The topological polar surface area (TPSA) is 68.3 Å². The Morgan fingerprint density at radius 2 is 1.07 bits per heavy atom. The Balaban J connectivity index is 1.17. The molecule has 0 aliphatic carbocycles. The molecule has 40 heavy (non-hydrogen) atoms. The lowest BCUT2D eigenvalue weighted by Gasteiger charge is -2.46. The molecule has 7 nitrogen and oxygen atoms in total. The lowest BCUT2D eigenvalue weighted by Crippen LogP contribution is -2.52. The highest BCUT2D eigenvalue weighted by atomic mass is 19.1. The van der Waals surface area contributed by atoms with E-state index in [9.17, 15) is 18.4 Å². The molecule has 6 rings (SSSR count). The second-order valence-electron chi connectivity index (χ2n) is 11.8. The number of hydrogen-bond donors (Lipinski definition) is 0. The largest absolute Gasteiger partial charge is 0.489 e. The highest BCUT2D eigenvalue weighted by Crippen LogP contribution is 2.38. The van der Waals surface area contributed by atoms with Crippen LogP contribution in [0.25, 0.3) is 0 Å². The van der Waals surface area contributed by atoms with Gasteiger partial charge in [-0.3, -0.25) is 0 Å². The standard InChI is InChI=1S/C31H36F2N2O5/c1-34-20-4-3-5-21(34)15-24(14-20)38-28-12-18(32)6-10-26(28)30(36)40-31(37)27-11-7-19(33)13-29(27)39-25-16-22-8-9-23(17-25)35(22)2/h6-7,10-13,20-25H,3-5,8-9,14-17H2,1-2H3. The molecule has 0 aromatic heterocycles. The van der Waals surface area contributed by atoms with Gasteiger partial charge in [0.1, 0.15) is 46.5 Å². The third-order valence-corrected chi connectivity index (χ3v) is 9.45. The van der Waals surface area contributed by atoms with E-state index in [1.807, 2.05) is 0 Å². The molecule has 4 aliphatic rings. The minimum Gasteiger partial charge on any atom is -0.489 e. The summed E-state index contributed by atoms with van der Waals surface area (Å²) in [6.45, 7) is 0. The Labute approximate surface area is 233 Å². The van der Waals surface area contributed by atoms with Crippen LogP contribution in [0.4, 0.5) is 8.78 Å². The van der Waals surface area contributed by atoms with Gasteiger partial charge in [0, 0.05) is 36.3 Å². The van der Waals surface area contributed by atoms with Crippen molar-refractivity contribution >= 4 is 11.9 Å². The van der Waals surface area contributed by atoms with Crippen molar-refractivity contribution in [3.8, 4) is 11.5 Å². The van der Waals surface area contributed by atoms with Crippen LogP contribution in [0.2, 0.25) is 0 Å². The lowest BCUT2D eigenvalue weighted by molar-refractivity contribution is -0.000492. The van der Waals surface area contributed by atoms with Gasteiger partial charge in [0.25, 0.3) is 0 Å². The first kappa shape index (κ1) is 27.1. The number of piperidine rings is 3. The molecular formula is C31H36F2N2O5. The normalized spacial score (nSPS) is 30.1. The molecule has 0 N–H and O–H groups in total. The summed E-state index contributed by atoms with van der Waals surface area (Å²) in [6.07, 6.45) is 8.33. The van der Waals surface area contributed by atoms with E-state index in [0.717, 1.165) is 75.6 Å². The molecular weight excluding hydrogens is 518 g/mol. The van der Waals surface area contributed by atoms with E-state index in [1.165, 1.54) is 18.6 Å². The average molecular weight is 555 g/mol. The molecule has 2 aromatic rings. The van der Waals surface area contributed by atoms with Crippen LogP contribution < -0.4 is 9.47 Å². The monoisotopic (exact) mass is 554 g/mol. The van der Waals surface area contributed by atoms with Gasteiger partial charge < -0.3 is 24.0 Å². The summed E-state index contributed by atoms with van der Waals surface area (Å²) in [5, 5.41) is 0. The summed E-state index contributed by atoms with van der Waals surface area (Å²) in [6, 6.07) is 8.70. The van der Waals surface area contributed by atoms with Crippen molar-refractivity contribution in [1.82, 2.24) is 9.80 Å². The van der Waals surface area contributed by atoms with Crippen LogP contribution in [0.15, 0.2) is 36.4 Å².